The first kappa shape index (κ1) is 13.7. The van der Waals surface area contributed by atoms with Crippen molar-refractivity contribution in [3.05, 3.63) is 18.1 Å². The summed E-state index contributed by atoms with van der Waals surface area (Å²) in [5.41, 5.74) is 0.211. The van der Waals surface area contributed by atoms with Crippen molar-refractivity contribution in [2.75, 3.05) is 25.0 Å². The average Bonchev–Trinajstić information content (AvgIpc) is 2.76. The minimum atomic E-state index is -0.890. The summed E-state index contributed by atoms with van der Waals surface area (Å²) in [5, 5.41) is 21.9. The van der Waals surface area contributed by atoms with Gasteiger partial charge in [-0.1, -0.05) is 6.92 Å². The van der Waals surface area contributed by atoms with Gasteiger partial charge in [0.1, 0.15) is 11.5 Å². The molecule has 0 aliphatic carbocycles. The molecule has 2 heterocycles. The number of carbonyl (C=O) groups excluding carboxylic acids is 1. The Kier molecular flexibility index (Phi) is 4.28. The molecule has 7 nitrogen and oxygen atoms in total. The van der Waals surface area contributed by atoms with E-state index in [4.69, 9.17) is 0 Å². The third-order valence-electron chi connectivity index (χ3n) is 2.96. The van der Waals surface area contributed by atoms with Crippen LogP contribution >= 0.6 is 0 Å². The van der Waals surface area contributed by atoms with E-state index in [1.807, 2.05) is 6.92 Å². The van der Waals surface area contributed by atoms with Crippen LogP contribution in [-0.2, 0) is 0 Å². The van der Waals surface area contributed by atoms with E-state index in [-0.39, 0.29) is 24.7 Å². The number of rotatable bonds is 4. The molecule has 3 N–H and O–H groups in total. The molecule has 1 saturated heterocycles. The van der Waals surface area contributed by atoms with E-state index in [2.05, 4.69) is 15.3 Å². The van der Waals surface area contributed by atoms with Crippen molar-refractivity contribution in [1.82, 2.24) is 14.9 Å². The summed E-state index contributed by atoms with van der Waals surface area (Å²) >= 11 is 0. The average molecular weight is 266 g/mol. The Bertz CT molecular complexity index is 444. The lowest BCUT2D eigenvalue weighted by Crippen LogP contribution is -2.30. The van der Waals surface area contributed by atoms with Gasteiger partial charge in [0.05, 0.1) is 24.6 Å². The number of aliphatic hydroxyl groups is 2. The molecule has 0 aromatic carbocycles. The van der Waals surface area contributed by atoms with E-state index in [0.29, 0.717) is 5.82 Å². The third kappa shape index (κ3) is 3.18. The monoisotopic (exact) mass is 266 g/mol. The third-order valence-corrected chi connectivity index (χ3v) is 2.96. The molecule has 1 fully saturated rings. The maximum absolute atomic E-state index is 12.1. The van der Waals surface area contributed by atoms with E-state index >= 15 is 0 Å². The second kappa shape index (κ2) is 5.94. The SMILES string of the molecule is CCCNc1cncc(C(=O)N2CC(O)C(O)C2)n1. The van der Waals surface area contributed by atoms with Gasteiger partial charge in [0.2, 0.25) is 0 Å². The number of hydrogen-bond donors (Lipinski definition) is 3. The fourth-order valence-corrected chi connectivity index (χ4v) is 1.90. The van der Waals surface area contributed by atoms with Crippen molar-refractivity contribution in [3.8, 4) is 0 Å². The summed E-state index contributed by atoms with van der Waals surface area (Å²) < 4.78 is 0. The zero-order chi connectivity index (χ0) is 13.8. The highest BCUT2D eigenvalue weighted by Gasteiger charge is 2.33. The lowest BCUT2D eigenvalue weighted by atomic mass is 10.3. The predicted molar refractivity (Wildman–Crippen MR) is 68.7 cm³/mol. The first-order valence-corrected chi connectivity index (χ1v) is 6.33. The second-order valence-electron chi connectivity index (χ2n) is 4.56. The molecule has 7 heteroatoms. The molecular weight excluding hydrogens is 248 g/mol. The zero-order valence-corrected chi connectivity index (χ0v) is 10.8. The van der Waals surface area contributed by atoms with Crippen LogP contribution in [0.3, 0.4) is 0 Å². The molecule has 2 atom stereocenters. The summed E-state index contributed by atoms with van der Waals surface area (Å²) in [6, 6.07) is 0. The maximum Gasteiger partial charge on any atom is 0.274 e. The Labute approximate surface area is 111 Å². The molecule has 1 aromatic rings. The summed E-state index contributed by atoms with van der Waals surface area (Å²) in [5.74, 6) is 0.219. The topological polar surface area (TPSA) is 98.6 Å². The number of nitrogens with one attached hydrogen (secondary N) is 1. The van der Waals surface area contributed by atoms with Gasteiger partial charge in [-0.2, -0.15) is 0 Å². The van der Waals surface area contributed by atoms with Crippen molar-refractivity contribution in [2.24, 2.45) is 0 Å². The maximum atomic E-state index is 12.1. The number of amides is 1. The van der Waals surface area contributed by atoms with Gasteiger partial charge in [-0.25, -0.2) is 4.98 Å². The summed E-state index contributed by atoms with van der Waals surface area (Å²) in [7, 11) is 0. The summed E-state index contributed by atoms with van der Waals surface area (Å²) in [4.78, 5) is 21.7. The van der Waals surface area contributed by atoms with E-state index in [0.717, 1.165) is 13.0 Å². The Morgan fingerprint density at radius 1 is 1.42 bits per heavy atom. The van der Waals surface area contributed by atoms with Crippen LogP contribution in [0, 0.1) is 0 Å². The molecule has 2 unspecified atom stereocenters. The van der Waals surface area contributed by atoms with Crippen LogP contribution in [0.5, 0.6) is 0 Å². The standard InChI is InChI=1S/C12H18N4O3/c1-2-3-14-11-5-13-4-8(15-11)12(19)16-6-9(17)10(18)7-16/h4-5,9-10,17-18H,2-3,6-7H2,1H3,(H,14,15). The summed E-state index contributed by atoms with van der Waals surface area (Å²) in [6.07, 6.45) is 2.11. The van der Waals surface area contributed by atoms with Crippen molar-refractivity contribution in [3.63, 3.8) is 0 Å². The van der Waals surface area contributed by atoms with E-state index in [1.165, 1.54) is 11.1 Å². The molecule has 104 valence electrons. The van der Waals surface area contributed by atoms with Gasteiger partial charge in [-0.3, -0.25) is 9.78 Å². The van der Waals surface area contributed by atoms with Gasteiger partial charge < -0.3 is 20.4 Å². The number of β-amino-alcohol motifs (C(OH)–C–C–N with tert-alkyl or cyclic N) is 2. The number of anilines is 1. The molecule has 1 amide bonds. The van der Waals surface area contributed by atoms with Crippen molar-refractivity contribution in [1.29, 1.82) is 0 Å². The van der Waals surface area contributed by atoms with Crippen molar-refractivity contribution >= 4 is 11.7 Å². The largest absolute Gasteiger partial charge is 0.388 e. The minimum Gasteiger partial charge on any atom is -0.388 e. The molecule has 1 aliphatic rings. The van der Waals surface area contributed by atoms with Gasteiger partial charge in [0.15, 0.2) is 0 Å². The van der Waals surface area contributed by atoms with Crippen molar-refractivity contribution < 1.29 is 15.0 Å². The Hall–Kier alpha value is -1.73. The number of hydrogen-bond acceptors (Lipinski definition) is 6. The van der Waals surface area contributed by atoms with E-state index in [9.17, 15) is 15.0 Å². The normalized spacial score (nSPS) is 22.6. The van der Waals surface area contributed by atoms with Crippen LogP contribution in [0.2, 0.25) is 0 Å². The van der Waals surface area contributed by atoms with Crippen LogP contribution in [0.1, 0.15) is 23.8 Å². The first-order chi connectivity index (χ1) is 9.11. The van der Waals surface area contributed by atoms with Crippen LogP contribution in [0.4, 0.5) is 5.82 Å². The highest BCUT2D eigenvalue weighted by Crippen LogP contribution is 2.13. The Morgan fingerprint density at radius 2 is 2.11 bits per heavy atom. The number of aromatic nitrogens is 2. The highest BCUT2D eigenvalue weighted by atomic mass is 16.3. The Balaban J connectivity index is 2.07. The first-order valence-electron chi connectivity index (χ1n) is 6.33. The summed E-state index contributed by atoms with van der Waals surface area (Å²) in [6.45, 7) is 3.03. The number of aliphatic hydroxyl groups excluding tert-OH is 2. The molecular formula is C12H18N4O3. The molecule has 1 aliphatic heterocycles. The van der Waals surface area contributed by atoms with Gasteiger partial charge >= 0.3 is 0 Å². The Morgan fingerprint density at radius 3 is 2.74 bits per heavy atom. The molecule has 2 rings (SSSR count). The molecule has 0 bridgehead atoms. The predicted octanol–water partition coefficient (Wildman–Crippen LogP) is -0.524. The smallest absolute Gasteiger partial charge is 0.274 e. The van der Waals surface area contributed by atoms with Crippen LogP contribution in [0.15, 0.2) is 12.4 Å². The van der Waals surface area contributed by atoms with Crippen molar-refractivity contribution in [2.45, 2.75) is 25.6 Å². The quantitative estimate of drug-likeness (QED) is 0.678. The van der Waals surface area contributed by atoms with Crippen LogP contribution in [0.25, 0.3) is 0 Å². The number of likely N-dealkylation sites (tertiary alicyclic amines) is 1. The van der Waals surface area contributed by atoms with E-state index < -0.39 is 12.2 Å². The number of carbonyl (C=O) groups is 1. The molecule has 0 spiro atoms. The van der Waals surface area contributed by atoms with Crippen LogP contribution < -0.4 is 5.32 Å². The molecule has 19 heavy (non-hydrogen) atoms. The van der Waals surface area contributed by atoms with Gasteiger partial charge in [-0.15, -0.1) is 0 Å². The molecule has 0 saturated carbocycles. The highest BCUT2D eigenvalue weighted by molar-refractivity contribution is 5.92. The molecule has 0 radical (unpaired) electrons. The van der Waals surface area contributed by atoms with Gasteiger partial charge in [-0.05, 0) is 6.42 Å². The zero-order valence-electron chi connectivity index (χ0n) is 10.8. The molecule has 1 aromatic heterocycles. The van der Waals surface area contributed by atoms with Gasteiger partial charge in [0.25, 0.3) is 5.91 Å². The lowest BCUT2D eigenvalue weighted by Gasteiger charge is -2.14. The minimum absolute atomic E-state index is 0.119. The van der Waals surface area contributed by atoms with Gasteiger partial charge in [0, 0.05) is 19.6 Å². The fraction of sp³-hybridized carbons (Fsp3) is 0.583. The number of nitrogens with zero attached hydrogens (tertiary/aromatic N) is 3. The second-order valence-corrected chi connectivity index (χ2v) is 4.56. The van der Waals surface area contributed by atoms with Crippen LogP contribution in [-0.4, -0.2) is 62.8 Å². The fourth-order valence-electron chi connectivity index (χ4n) is 1.90. The lowest BCUT2D eigenvalue weighted by molar-refractivity contribution is 0.0572. The van der Waals surface area contributed by atoms with E-state index in [1.54, 1.807) is 6.20 Å².